The Kier molecular flexibility index (Phi) is 20.2. The lowest BCUT2D eigenvalue weighted by Crippen LogP contribution is -2.54. The summed E-state index contributed by atoms with van der Waals surface area (Å²) in [5, 5.41) is 6.36. The Morgan fingerprint density at radius 1 is 0.391 bits per heavy atom. The van der Waals surface area contributed by atoms with Crippen LogP contribution < -0.4 is 24.3 Å². The molecular weight excluding hydrogens is 1380 g/mol. The molecule has 4 amide bonds. The molecule has 110 heavy (non-hydrogen) atoms. The molecule has 4 aliphatic carbocycles. The lowest BCUT2D eigenvalue weighted by Gasteiger charge is -2.38. The first-order valence-electron chi connectivity index (χ1n) is 40.9. The quantitative estimate of drug-likeness (QED) is 0.0176. The number of esters is 2. The van der Waals surface area contributed by atoms with Crippen molar-refractivity contribution in [1.82, 2.24) is 15.1 Å². The minimum absolute atomic E-state index is 0.0937. The second-order valence-corrected chi connectivity index (χ2v) is 33.8. The zero-order valence-electron chi connectivity index (χ0n) is 64.6. The van der Waals surface area contributed by atoms with Crippen molar-refractivity contribution in [2.24, 2.45) is 17.8 Å². The zero-order chi connectivity index (χ0) is 75.9. The molecule has 8 aliphatic rings. The minimum atomic E-state index is -1.29. The molecule has 4 aliphatic heterocycles. The molecule has 17 heteroatoms. The smallest absolute Gasteiger partial charge is 0.329 e. The van der Waals surface area contributed by atoms with E-state index < -0.39 is 71.7 Å². The fourth-order valence-electron chi connectivity index (χ4n) is 18.8. The van der Waals surface area contributed by atoms with Gasteiger partial charge < -0.3 is 43.2 Å². The third-order valence-electron chi connectivity index (χ3n) is 25.1. The largest absolute Gasteiger partial charge is 0.461 e. The molecule has 572 valence electrons. The number of carbonyl (C=O) groups is 6. The maximum Gasteiger partial charge on any atom is 0.329 e. The van der Waals surface area contributed by atoms with Crippen LogP contribution in [0.5, 0.6) is 46.0 Å². The van der Waals surface area contributed by atoms with Crippen molar-refractivity contribution in [3.05, 3.63) is 166 Å². The van der Waals surface area contributed by atoms with Crippen LogP contribution in [-0.2, 0) is 28.5 Å². The third kappa shape index (κ3) is 14.3. The molecule has 1 N–H and O–H groups in total. The van der Waals surface area contributed by atoms with E-state index in [1.54, 1.807) is 24.3 Å². The van der Waals surface area contributed by atoms with Crippen molar-refractivity contribution in [2.45, 2.75) is 237 Å². The fraction of sp³-hybridized carbons (Fsp3) is 0.462. The molecule has 2 saturated heterocycles. The van der Waals surface area contributed by atoms with Crippen molar-refractivity contribution >= 4 is 78.7 Å². The molecular formula is C93H101N3O14. The monoisotopic (exact) mass is 1480 g/mol. The number of hydrogen-bond donors (Lipinski definition) is 1. The van der Waals surface area contributed by atoms with Gasteiger partial charge in [-0.3, -0.25) is 29.0 Å². The third-order valence-corrected chi connectivity index (χ3v) is 25.1. The van der Waals surface area contributed by atoms with Gasteiger partial charge >= 0.3 is 11.9 Å². The van der Waals surface area contributed by atoms with Crippen molar-refractivity contribution in [3.8, 4) is 46.0 Å². The van der Waals surface area contributed by atoms with E-state index in [9.17, 15) is 0 Å². The number of epoxide rings is 2. The van der Waals surface area contributed by atoms with Crippen molar-refractivity contribution in [1.29, 1.82) is 0 Å². The summed E-state index contributed by atoms with van der Waals surface area (Å²) in [5.41, 5.74) is 4.64. The van der Waals surface area contributed by atoms with E-state index in [-0.39, 0.29) is 97.9 Å². The van der Waals surface area contributed by atoms with Crippen molar-refractivity contribution in [2.75, 3.05) is 19.8 Å². The Labute approximate surface area is 643 Å². The predicted octanol–water partition coefficient (Wildman–Crippen LogP) is 20.8. The molecule has 4 saturated carbocycles. The van der Waals surface area contributed by atoms with Crippen LogP contribution in [0.3, 0.4) is 0 Å². The first-order chi connectivity index (χ1) is 53.3. The highest BCUT2D eigenvalue weighted by atomic mass is 16.6. The lowest BCUT2D eigenvalue weighted by molar-refractivity contribution is -0.158. The Morgan fingerprint density at radius 2 is 0.718 bits per heavy atom. The summed E-state index contributed by atoms with van der Waals surface area (Å²) < 4.78 is 54.1. The first-order valence-corrected chi connectivity index (χ1v) is 40.9. The molecule has 0 radical (unpaired) electrons. The van der Waals surface area contributed by atoms with Crippen LogP contribution in [-0.4, -0.2) is 108 Å². The molecule has 17 rings (SSSR count). The number of hydrogen-bond acceptors (Lipinski definition) is 15. The molecule has 8 atom stereocenters. The minimum Gasteiger partial charge on any atom is -0.461 e. The van der Waals surface area contributed by atoms with Crippen molar-refractivity contribution < 1.29 is 66.7 Å². The van der Waals surface area contributed by atoms with E-state index in [4.69, 9.17) is 37.9 Å². The number of rotatable bonds is 26. The van der Waals surface area contributed by atoms with E-state index in [1.165, 1.54) is 9.80 Å². The fourth-order valence-corrected chi connectivity index (χ4v) is 18.8. The molecule has 0 bridgehead atoms. The Morgan fingerprint density at radius 3 is 1.05 bits per heavy atom. The van der Waals surface area contributed by atoms with E-state index in [0.717, 1.165) is 99.7 Å². The van der Waals surface area contributed by atoms with Gasteiger partial charge in [-0.1, -0.05) is 136 Å². The number of nitrogens with one attached hydrogen (secondary N) is 1. The van der Waals surface area contributed by atoms with E-state index in [2.05, 4.69) is 60.7 Å². The first kappa shape index (κ1) is 73.4. The van der Waals surface area contributed by atoms with E-state index in [1.807, 2.05) is 97.1 Å². The number of imide groups is 2. The maximum absolute atomic E-state index is 16.8. The predicted molar refractivity (Wildman–Crippen MR) is 423 cm³/mol. The Hall–Kier alpha value is -9.42. The molecule has 9 aromatic carbocycles. The molecule has 9 aromatic rings. The molecule has 0 spiro atoms. The Balaban J connectivity index is 0.937. The van der Waals surface area contributed by atoms with Crippen LogP contribution in [0, 0.1) is 17.8 Å². The summed E-state index contributed by atoms with van der Waals surface area (Å²) in [5.74, 6) is -1.38. The second kappa shape index (κ2) is 30.3. The van der Waals surface area contributed by atoms with Gasteiger partial charge in [0.15, 0.2) is 0 Å². The molecule has 0 aromatic heterocycles. The van der Waals surface area contributed by atoms with Gasteiger partial charge in [0.2, 0.25) is 0 Å². The number of carbonyl (C=O) groups excluding carboxylic acids is 6. The summed E-state index contributed by atoms with van der Waals surface area (Å²) in [6, 6.07) is 35.5. The van der Waals surface area contributed by atoms with E-state index in [0.29, 0.717) is 119 Å². The van der Waals surface area contributed by atoms with Crippen LogP contribution in [0.1, 0.15) is 258 Å². The van der Waals surface area contributed by atoms with Crippen molar-refractivity contribution in [3.63, 3.8) is 0 Å². The maximum atomic E-state index is 16.8. The number of benzene rings is 9. The van der Waals surface area contributed by atoms with Crippen LogP contribution in [0.25, 0.3) is 43.1 Å². The number of nitrogens with zero attached hydrogens (tertiary/aromatic N) is 2. The van der Waals surface area contributed by atoms with Gasteiger partial charge in [-0.15, -0.1) is 0 Å². The summed E-state index contributed by atoms with van der Waals surface area (Å²) in [6.45, 7) is 19.2. The molecule has 17 nitrogen and oxygen atoms in total. The molecule has 4 heterocycles. The Bertz CT molecular complexity index is 4480. The zero-order valence-corrected chi connectivity index (χ0v) is 64.6. The highest BCUT2D eigenvalue weighted by Gasteiger charge is 2.51. The standard InChI is InChI=1S/C93H101N3O14/c1-50(2)55-24-33-62(34-25-55)105-74-43-70-78-71(89(98)95(88(70)97)86(59-16-9-10-17-59)92(101)109-66-21-13-15-54(41-66)23-32-68-48-103-68)44-75(106-63-35-26-56(27-36-63)51(3)4)81-83-77(108-65-39-30-58(31-40-65)53(7)8)46-73-79-72(45-76(82(85(79)83)80(74)84(78)81)107-64-37-28-57(29-38-64)52(5)6)90(99)96(91(73)100)87(60-18-11-12-19-60)93(102)110-67-22-14-20-61(42-67)94-47-69-49-104-69/h24-31,33-40,43-46,50-54,59-61,66-69,86-87,94H,9-23,32,41-42,47-49H2,1-8H3. The van der Waals surface area contributed by atoms with Gasteiger partial charge in [0, 0.05) is 55.7 Å². The highest BCUT2D eigenvalue weighted by molar-refractivity contribution is 6.45. The van der Waals surface area contributed by atoms with Crippen LogP contribution in [0.15, 0.2) is 121 Å². The average Bonchev–Trinajstić information content (AvgIpc) is 0.822. The average molecular weight is 1480 g/mol. The van der Waals surface area contributed by atoms with Gasteiger partial charge in [-0.05, 0) is 220 Å². The van der Waals surface area contributed by atoms with Gasteiger partial charge in [-0.2, -0.15) is 0 Å². The summed E-state index contributed by atoms with van der Waals surface area (Å²) in [6.07, 6.45) is 13.5. The summed E-state index contributed by atoms with van der Waals surface area (Å²) in [4.78, 5) is 101. The normalized spacial score (nSPS) is 22.1. The highest BCUT2D eigenvalue weighted by Crippen LogP contribution is 2.59. The topological polar surface area (TPSA) is 201 Å². The number of fused-ring (bicyclic) bond motifs is 2. The number of ether oxygens (including phenoxy) is 8. The van der Waals surface area contributed by atoms with Gasteiger partial charge in [-0.25, -0.2) is 9.59 Å². The summed E-state index contributed by atoms with van der Waals surface area (Å²) >= 11 is 0. The van der Waals surface area contributed by atoms with Crippen LogP contribution in [0.2, 0.25) is 0 Å². The van der Waals surface area contributed by atoms with Crippen LogP contribution >= 0.6 is 0 Å². The second-order valence-electron chi connectivity index (χ2n) is 33.8. The summed E-state index contributed by atoms with van der Waals surface area (Å²) in [7, 11) is 0. The molecule has 6 fully saturated rings. The van der Waals surface area contributed by atoms with E-state index >= 15 is 28.8 Å². The SMILES string of the molecule is CC(C)c1ccc(Oc2cc3c4c(cc(Oc5ccc(C(C)C)cc5)c5c6c(Oc7ccc(C(C)C)cc7)cc7c8c(cc(Oc9ccc(C(C)C)cc9)c(c2c45)c86)C(=O)N(C(C(=O)OC2CCCC(NCC4CO4)C2)C2CCCC2)C7=O)C(=O)N(C(C(=O)OC2CCCC(CCC4CO4)C2)C2CCCC2)C3=O)cc1. The molecule has 8 unspecified atom stereocenters. The van der Waals surface area contributed by atoms with Gasteiger partial charge in [0.05, 0.1) is 47.7 Å². The van der Waals surface area contributed by atoms with Crippen LogP contribution in [0.4, 0.5) is 0 Å². The number of amides is 4. The van der Waals surface area contributed by atoms with Gasteiger partial charge in [0.1, 0.15) is 70.3 Å². The lowest BCUT2D eigenvalue weighted by atomic mass is 9.80. The van der Waals surface area contributed by atoms with Gasteiger partial charge in [0.25, 0.3) is 23.6 Å².